The molecule has 0 saturated carbocycles. The summed E-state index contributed by atoms with van der Waals surface area (Å²) in [5.41, 5.74) is 0. The summed E-state index contributed by atoms with van der Waals surface area (Å²) in [6, 6.07) is -0.842. The Bertz CT molecular complexity index is 1380. The normalized spacial score (nSPS) is 13.7. The molecule has 0 radical (unpaired) electrons. The van der Waals surface area contributed by atoms with Gasteiger partial charge < -0.3 is 19.4 Å². The van der Waals surface area contributed by atoms with Gasteiger partial charge in [0.15, 0.2) is 0 Å². The van der Waals surface area contributed by atoms with Crippen molar-refractivity contribution in [3.05, 3.63) is 24.3 Å². The maximum Gasteiger partial charge on any atom is 0.472 e. The monoisotopic (exact) mass is 1120 g/mol. The van der Waals surface area contributed by atoms with E-state index in [-0.39, 0.29) is 25.1 Å². The van der Waals surface area contributed by atoms with Crippen LogP contribution in [0, 0.1) is 0 Å². The number of nitrogens with one attached hydrogen (secondary N) is 1. The lowest BCUT2D eigenvalue weighted by atomic mass is 10.0. The van der Waals surface area contributed by atoms with Gasteiger partial charge in [-0.05, 0) is 57.4 Å². The lowest BCUT2D eigenvalue weighted by Crippen LogP contribution is -2.47. The van der Waals surface area contributed by atoms with Gasteiger partial charge in [-0.3, -0.25) is 18.6 Å². The summed E-state index contributed by atoms with van der Waals surface area (Å²) in [7, 11) is 1.52. The van der Waals surface area contributed by atoms with Crippen LogP contribution in [0.2, 0.25) is 0 Å². The number of phosphoric ester groups is 1. The number of phosphoric acid groups is 1. The first-order chi connectivity index (χ1) is 37.9. The van der Waals surface area contributed by atoms with Crippen LogP contribution in [-0.2, 0) is 27.9 Å². The second-order valence-electron chi connectivity index (χ2n) is 24.7. The molecular formula is C68H134N2O7P+. The molecule has 0 saturated heterocycles. The average Bonchev–Trinajstić information content (AvgIpc) is 3.40. The molecule has 2 N–H and O–H groups in total. The van der Waals surface area contributed by atoms with Crippen molar-refractivity contribution in [2.24, 2.45) is 0 Å². The molecule has 0 aromatic carbocycles. The Hall–Kier alpha value is -1.51. The maximum absolute atomic E-state index is 13.6. The van der Waals surface area contributed by atoms with Crippen LogP contribution in [0.15, 0.2) is 24.3 Å². The Morgan fingerprint density at radius 1 is 0.436 bits per heavy atom. The van der Waals surface area contributed by atoms with Gasteiger partial charge in [0.25, 0.3) is 0 Å². The number of amides is 1. The van der Waals surface area contributed by atoms with Crippen LogP contribution in [0.4, 0.5) is 0 Å². The highest BCUT2D eigenvalue weighted by Crippen LogP contribution is 2.43. The lowest BCUT2D eigenvalue weighted by Gasteiger charge is -2.27. The molecule has 3 atom stereocenters. The quantitative estimate of drug-likeness (QED) is 0.0205. The molecule has 0 aliphatic heterocycles. The number of hydrogen-bond acceptors (Lipinski definition) is 6. The molecule has 462 valence electrons. The fourth-order valence-electron chi connectivity index (χ4n) is 10.4. The highest BCUT2D eigenvalue weighted by Gasteiger charge is 2.30. The molecule has 1 amide bonds. The van der Waals surface area contributed by atoms with Crippen LogP contribution in [0.1, 0.15) is 348 Å². The van der Waals surface area contributed by atoms with Crippen LogP contribution in [0.5, 0.6) is 0 Å². The Kier molecular flexibility index (Phi) is 57.5. The van der Waals surface area contributed by atoms with E-state index in [2.05, 4.69) is 44.3 Å². The van der Waals surface area contributed by atoms with E-state index in [0.717, 1.165) is 57.8 Å². The molecule has 0 aliphatic carbocycles. The number of hydrogen-bond donors (Lipinski definition) is 2. The Balaban J connectivity index is 5.11. The third kappa shape index (κ3) is 59.1. The zero-order valence-corrected chi connectivity index (χ0v) is 53.8. The number of carbonyl (C=O) groups excluding carboxylic acids is 2. The minimum atomic E-state index is -4.45. The van der Waals surface area contributed by atoms with Gasteiger partial charge in [0.1, 0.15) is 19.3 Å². The summed E-state index contributed by atoms with van der Waals surface area (Å²) in [6.45, 7) is 7.07. The van der Waals surface area contributed by atoms with E-state index in [9.17, 15) is 19.0 Å². The van der Waals surface area contributed by atoms with E-state index in [1.54, 1.807) is 0 Å². The standard InChI is InChI=1S/C68H133N2O7P/c1-7-10-13-16-19-22-25-28-30-32-33-34-35-36-37-38-40-43-46-49-52-55-58-61-68(72)77-66(59-56-53-50-47-44-41-27-24-21-18-15-12-9-3)65(64-76-78(73,74)75-63-62-70(4,5)6)69-67(71)60-57-54-51-48-45-42-39-31-29-26-23-20-17-14-11-8-2/h28,30,56,59,65-66H,7-27,29,31-55,57-58,60-64H2,1-6H3,(H-,69,71,73,74)/p+1/b30-28+,59-56+. The van der Waals surface area contributed by atoms with E-state index in [0.29, 0.717) is 23.9 Å². The number of likely N-dealkylation sites (N-methyl/N-ethyl adjacent to an activating group) is 1. The number of rotatable bonds is 63. The van der Waals surface area contributed by atoms with Gasteiger partial charge in [-0.1, -0.05) is 302 Å². The number of ether oxygens (including phenoxy) is 1. The van der Waals surface area contributed by atoms with Crippen molar-refractivity contribution in [1.82, 2.24) is 5.32 Å². The molecule has 0 aromatic heterocycles. The first-order valence-electron chi connectivity index (χ1n) is 34.2. The SMILES string of the molecule is CCCCCCCC/C=C/CCCCCCCCCCCCCCCC(=O)OC(/C=C/CCCCCCCCCCCCC)C(COP(=O)(O)OCC[N+](C)(C)C)NC(=O)CCCCCCCCCCCCCCCCCC. The second kappa shape index (κ2) is 58.7. The van der Waals surface area contributed by atoms with Crippen molar-refractivity contribution >= 4 is 19.7 Å². The molecule has 10 heteroatoms. The zero-order chi connectivity index (χ0) is 57.2. The number of allylic oxidation sites excluding steroid dienone is 3. The average molecular weight is 1120 g/mol. The second-order valence-corrected chi connectivity index (χ2v) is 26.2. The minimum Gasteiger partial charge on any atom is -0.456 e. The predicted octanol–water partition coefficient (Wildman–Crippen LogP) is 21.3. The van der Waals surface area contributed by atoms with Crippen molar-refractivity contribution < 1.29 is 37.3 Å². The highest BCUT2D eigenvalue weighted by atomic mass is 31.2. The lowest BCUT2D eigenvalue weighted by molar-refractivity contribution is -0.870. The van der Waals surface area contributed by atoms with Gasteiger partial charge in [-0.2, -0.15) is 0 Å². The zero-order valence-electron chi connectivity index (χ0n) is 52.9. The van der Waals surface area contributed by atoms with Gasteiger partial charge in [0, 0.05) is 12.8 Å². The molecule has 78 heavy (non-hydrogen) atoms. The Labute approximate surface area is 485 Å². The minimum absolute atomic E-state index is 0.0445. The number of esters is 1. The number of nitrogens with zero attached hydrogens (tertiary/aromatic N) is 1. The number of carbonyl (C=O) groups is 2. The topological polar surface area (TPSA) is 111 Å². The summed E-state index contributed by atoms with van der Waals surface area (Å²) in [5, 5.41) is 3.07. The van der Waals surface area contributed by atoms with Crippen LogP contribution in [-0.4, -0.2) is 74.3 Å². The smallest absolute Gasteiger partial charge is 0.456 e. The van der Waals surface area contributed by atoms with Gasteiger partial charge >= 0.3 is 13.8 Å². The summed E-state index contributed by atoms with van der Waals surface area (Å²) >= 11 is 0. The van der Waals surface area contributed by atoms with Crippen molar-refractivity contribution in [2.45, 2.75) is 360 Å². The van der Waals surface area contributed by atoms with Gasteiger partial charge in [0.05, 0.1) is 33.8 Å². The summed E-state index contributed by atoms with van der Waals surface area (Å²) in [5.74, 6) is -0.483. The molecule has 0 aromatic rings. The first kappa shape index (κ1) is 76.5. The van der Waals surface area contributed by atoms with E-state index < -0.39 is 20.0 Å². The van der Waals surface area contributed by atoms with Crippen LogP contribution < -0.4 is 5.32 Å². The first-order valence-corrected chi connectivity index (χ1v) is 35.7. The Morgan fingerprint density at radius 3 is 1.09 bits per heavy atom. The fraction of sp³-hybridized carbons (Fsp3) is 0.912. The maximum atomic E-state index is 13.6. The van der Waals surface area contributed by atoms with Gasteiger partial charge in [0.2, 0.25) is 5.91 Å². The number of quaternary nitrogens is 1. The van der Waals surface area contributed by atoms with Crippen LogP contribution in [0.25, 0.3) is 0 Å². The molecule has 0 heterocycles. The van der Waals surface area contributed by atoms with Gasteiger partial charge in [-0.15, -0.1) is 0 Å². The highest BCUT2D eigenvalue weighted by molar-refractivity contribution is 7.47. The molecule has 0 aliphatic rings. The molecule has 0 spiro atoms. The van der Waals surface area contributed by atoms with Crippen molar-refractivity contribution in [2.75, 3.05) is 40.9 Å². The summed E-state index contributed by atoms with van der Waals surface area (Å²) in [4.78, 5) is 37.8. The molecule has 3 unspecified atom stereocenters. The van der Waals surface area contributed by atoms with Crippen LogP contribution >= 0.6 is 7.82 Å². The third-order valence-corrected chi connectivity index (χ3v) is 16.6. The molecule has 0 bridgehead atoms. The van der Waals surface area contributed by atoms with Crippen molar-refractivity contribution in [3.63, 3.8) is 0 Å². The molecular weight excluding hydrogens is 988 g/mol. The summed E-state index contributed by atoms with van der Waals surface area (Å²) < 4.78 is 30.8. The third-order valence-electron chi connectivity index (χ3n) is 15.6. The van der Waals surface area contributed by atoms with Crippen molar-refractivity contribution in [3.8, 4) is 0 Å². The van der Waals surface area contributed by atoms with E-state index >= 15 is 0 Å². The fourth-order valence-corrected chi connectivity index (χ4v) is 11.1. The van der Waals surface area contributed by atoms with E-state index in [4.69, 9.17) is 13.8 Å². The Morgan fingerprint density at radius 2 is 0.744 bits per heavy atom. The van der Waals surface area contributed by atoms with E-state index in [1.165, 1.54) is 257 Å². The van der Waals surface area contributed by atoms with Crippen LogP contribution in [0.3, 0.4) is 0 Å². The number of unbranched alkanes of at least 4 members (excludes halogenated alkanes) is 45. The largest absolute Gasteiger partial charge is 0.472 e. The van der Waals surface area contributed by atoms with Gasteiger partial charge in [-0.25, -0.2) is 4.57 Å². The summed E-state index contributed by atoms with van der Waals surface area (Å²) in [6.07, 6.45) is 70.3. The predicted molar refractivity (Wildman–Crippen MR) is 337 cm³/mol. The van der Waals surface area contributed by atoms with Crippen molar-refractivity contribution in [1.29, 1.82) is 0 Å². The van der Waals surface area contributed by atoms with E-state index in [1.807, 2.05) is 27.2 Å². The molecule has 0 fully saturated rings. The molecule has 9 nitrogen and oxygen atoms in total. The molecule has 0 rings (SSSR count).